The van der Waals surface area contributed by atoms with Gasteiger partial charge in [0, 0.05) is 24.2 Å². The normalized spacial score (nSPS) is 17.4. The van der Waals surface area contributed by atoms with Crippen molar-refractivity contribution in [3.05, 3.63) is 66.1 Å². The maximum Gasteiger partial charge on any atom is 0.414 e. The largest absolute Gasteiger partial charge is 0.504 e. The molecule has 1 N–H and O–H groups in total. The van der Waals surface area contributed by atoms with E-state index >= 15 is 0 Å². The van der Waals surface area contributed by atoms with E-state index in [-0.39, 0.29) is 47.9 Å². The molecule has 1 aromatic heterocycles. The molecule has 3 heterocycles. The predicted octanol–water partition coefficient (Wildman–Crippen LogP) is 3.50. The zero-order valence-electron chi connectivity index (χ0n) is 17.4. The summed E-state index contributed by atoms with van der Waals surface area (Å²) in [7, 11) is 1.40. The number of phenols is 1. The van der Waals surface area contributed by atoms with E-state index in [1.807, 2.05) is 19.1 Å². The molecule has 0 fully saturated rings. The second kappa shape index (κ2) is 8.14. The van der Waals surface area contributed by atoms with Gasteiger partial charge in [-0.25, -0.2) is 4.79 Å². The first-order valence-corrected chi connectivity index (χ1v) is 9.85. The van der Waals surface area contributed by atoms with Gasteiger partial charge in [0.1, 0.15) is 6.61 Å². The fourth-order valence-electron chi connectivity index (χ4n) is 3.85. The van der Waals surface area contributed by atoms with Crippen LogP contribution in [-0.4, -0.2) is 53.3 Å². The van der Waals surface area contributed by atoms with Crippen LogP contribution in [0, 0.1) is 6.92 Å². The van der Waals surface area contributed by atoms with Gasteiger partial charge >= 0.3 is 6.09 Å². The van der Waals surface area contributed by atoms with E-state index in [0.717, 1.165) is 16.8 Å². The van der Waals surface area contributed by atoms with Crippen LogP contribution in [0.3, 0.4) is 0 Å². The fraction of sp³-hybridized carbons (Fsp3) is 0.261. The number of methoxy groups -OCH3 is 1. The van der Waals surface area contributed by atoms with Crippen LogP contribution in [0.15, 0.2) is 49.3 Å². The number of benzene rings is 1. The molecular weight excluding hydrogens is 398 g/mol. The molecule has 0 saturated carbocycles. The smallest absolute Gasteiger partial charge is 0.414 e. The van der Waals surface area contributed by atoms with Crippen LogP contribution in [0.4, 0.5) is 10.5 Å². The van der Waals surface area contributed by atoms with Crippen molar-refractivity contribution in [2.45, 2.75) is 19.4 Å². The van der Waals surface area contributed by atoms with Crippen LogP contribution in [0.1, 0.15) is 28.0 Å². The average molecular weight is 421 g/mol. The van der Waals surface area contributed by atoms with Gasteiger partial charge < -0.3 is 19.5 Å². The number of fused-ring (bicyclic) bond motifs is 2. The standard InChI is InChI=1S/C23H23N3O5/c1-4-7-31-23(29)26-13-17-8-16(15-6-5-14(2)24-11-15)12-25(17)22(28)18-9-21(30-3)20(27)10-19(18)26/h4-6,9-12,17,27H,1,7-8,13H2,2-3H3/t17-/m0/s1. The molecule has 0 bridgehead atoms. The third kappa shape index (κ3) is 3.72. The predicted molar refractivity (Wildman–Crippen MR) is 115 cm³/mol. The van der Waals surface area contributed by atoms with Crippen LogP contribution in [-0.2, 0) is 4.74 Å². The molecule has 1 atom stereocenters. The lowest BCUT2D eigenvalue weighted by Gasteiger charge is -2.25. The Balaban J connectivity index is 1.77. The summed E-state index contributed by atoms with van der Waals surface area (Å²) < 4.78 is 10.4. The van der Waals surface area contributed by atoms with Crippen molar-refractivity contribution < 1.29 is 24.2 Å². The lowest BCUT2D eigenvalue weighted by Crippen LogP contribution is -2.41. The first-order valence-electron chi connectivity index (χ1n) is 9.85. The number of rotatable bonds is 4. The van der Waals surface area contributed by atoms with E-state index in [9.17, 15) is 14.7 Å². The molecule has 8 nitrogen and oxygen atoms in total. The lowest BCUT2D eigenvalue weighted by atomic mass is 10.0. The summed E-state index contributed by atoms with van der Waals surface area (Å²) in [5, 5.41) is 10.3. The van der Waals surface area contributed by atoms with Crippen molar-refractivity contribution in [3.8, 4) is 11.5 Å². The maximum atomic E-state index is 13.4. The van der Waals surface area contributed by atoms with Crippen LogP contribution >= 0.6 is 0 Å². The van der Waals surface area contributed by atoms with Crippen LogP contribution in [0.5, 0.6) is 11.5 Å². The van der Waals surface area contributed by atoms with E-state index in [0.29, 0.717) is 6.42 Å². The number of aryl methyl sites for hydroxylation is 1. The van der Waals surface area contributed by atoms with Gasteiger partial charge in [0.15, 0.2) is 11.5 Å². The van der Waals surface area contributed by atoms with Gasteiger partial charge in [0.2, 0.25) is 0 Å². The number of carbonyl (C=O) groups is 2. The van der Waals surface area contributed by atoms with E-state index in [2.05, 4.69) is 11.6 Å². The summed E-state index contributed by atoms with van der Waals surface area (Å²) in [5.74, 6) is -0.303. The van der Waals surface area contributed by atoms with Crippen molar-refractivity contribution in [1.82, 2.24) is 9.88 Å². The molecule has 0 aliphatic carbocycles. The number of phenolic OH excluding ortho intramolecular Hbond substituents is 1. The Bertz CT molecular complexity index is 1080. The second-order valence-corrected chi connectivity index (χ2v) is 7.43. The topological polar surface area (TPSA) is 92.2 Å². The number of hydrogen-bond donors (Lipinski definition) is 1. The maximum absolute atomic E-state index is 13.4. The summed E-state index contributed by atoms with van der Waals surface area (Å²) in [6.07, 6.45) is 4.99. The lowest BCUT2D eigenvalue weighted by molar-refractivity contribution is 0.0794. The quantitative estimate of drug-likeness (QED) is 0.760. The molecule has 31 heavy (non-hydrogen) atoms. The summed E-state index contributed by atoms with van der Waals surface area (Å²) in [5.41, 5.74) is 3.31. The minimum Gasteiger partial charge on any atom is -0.504 e. The molecule has 1 aromatic carbocycles. The molecule has 4 rings (SSSR count). The zero-order valence-corrected chi connectivity index (χ0v) is 17.4. The Kier molecular flexibility index (Phi) is 5.37. The van der Waals surface area contributed by atoms with Crippen molar-refractivity contribution >= 4 is 23.3 Å². The molecule has 2 aliphatic rings. The second-order valence-electron chi connectivity index (χ2n) is 7.43. The molecule has 0 spiro atoms. The zero-order chi connectivity index (χ0) is 22.1. The molecule has 2 amide bonds. The van der Waals surface area contributed by atoms with E-state index in [1.54, 1.807) is 17.3 Å². The molecule has 160 valence electrons. The van der Waals surface area contributed by atoms with Crippen LogP contribution in [0.25, 0.3) is 5.57 Å². The minimum atomic E-state index is -0.620. The highest BCUT2D eigenvalue weighted by Crippen LogP contribution is 2.40. The number of aromatic nitrogens is 1. The first kappa shape index (κ1) is 20.5. The number of carbonyl (C=O) groups excluding carboxylic acids is 2. The van der Waals surface area contributed by atoms with Crippen LogP contribution < -0.4 is 9.64 Å². The highest BCUT2D eigenvalue weighted by atomic mass is 16.6. The summed E-state index contributed by atoms with van der Waals surface area (Å²) in [6.45, 7) is 5.72. The Morgan fingerprint density at radius 3 is 2.87 bits per heavy atom. The van der Waals surface area contributed by atoms with Gasteiger partial charge in [0.05, 0.1) is 30.9 Å². The molecule has 0 radical (unpaired) electrons. The van der Waals surface area contributed by atoms with E-state index in [1.165, 1.54) is 30.2 Å². The van der Waals surface area contributed by atoms with Crippen molar-refractivity contribution in [3.63, 3.8) is 0 Å². The number of pyridine rings is 1. The van der Waals surface area contributed by atoms with Crippen molar-refractivity contribution in [2.24, 2.45) is 0 Å². The van der Waals surface area contributed by atoms with Gasteiger partial charge in [-0.2, -0.15) is 0 Å². The first-order chi connectivity index (χ1) is 14.9. The Labute approximate surface area is 180 Å². The van der Waals surface area contributed by atoms with Gasteiger partial charge in [-0.3, -0.25) is 14.7 Å². The van der Waals surface area contributed by atoms with Crippen molar-refractivity contribution in [1.29, 1.82) is 0 Å². The molecule has 0 saturated heterocycles. The number of anilines is 1. The van der Waals surface area contributed by atoms with Crippen molar-refractivity contribution in [2.75, 3.05) is 25.2 Å². The average Bonchev–Trinajstić information content (AvgIpc) is 3.15. The Hall–Kier alpha value is -3.81. The number of aromatic hydroxyl groups is 1. The number of ether oxygens (including phenoxy) is 2. The van der Waals surface area contributed by atoms with Crippen LogP contribution in [0.2, 0.25) is 0 Å². The third-order valence-corrected chi connectivity index (χ3v) is 5.42. The van der Waals surface area contributed by atoms with Gasteiger partial charge in [-0.15, -0.1) is 0 Å². The summed E-state index contributed by atoms with van der Waals surface area (Å²) in [4.78, 5) is 33.6. The fourth-order valence-corrected chi connectivity index (χ4v) is 3.85. The number of nitrogens with zero attached hydrogens (tertiary/aromatic N) is 3. The highest BCUT2D eigenvalue weighted by molar-refractivity contribution is 6.06. The molecular formula is C23H23N3O5. The monoisotopic (exact) mass is 421 g/mol. The SMILES string of the molecule is C=CCOC(=O)N1C[C@@H]2CC(c3ccc(C)nc3)=CN2C(=O)c2cc(OC)c(O)cc21. The van der Waals surface area contributed by atoms with Gasteiger partial charge in [0.25, 0.3) is 5.91 Å². The molecule has 8 heteroatoms. The summed E-state index contributed by atoms with van der Waals surface area (Å²) in [6, 6.07) is 6.40. The summed E-state index contributed by atoms with van der Waals surface area (Å²) >= 11 is 0. The highest BCUT2D eigenvalue weighted by Gasteiger charge is 2.39. The van der Waals surface area contributed by atoms with E-state index < -0.39 is 6.09 Å². The Morgan fingerprint density at radius 2 is 2.19 bits per heavy atom. The van der Waals surface area contributed by atoms with Gasteiger partial charge in [-0.05, 0) is 36.6 Å². The van der Waals surface area contributed by atoms with Gasteiger partial charge in [-0.1, -0.05) is 18.7 Å². The molecule has 2 aromatic rings. The molecule has 0 unspecified atom stereocenters. The minimum absolute atomic E-state index is 0.0354. The number of amides is 2. The Morgan fingerprint density at radius 1 is 1.39 bits per heavy atom. The molecule has 2 aliphatic heterocycles. The van der Waals surface area contributed by atoms with E-state index in [4.69, 9.17) is 9.47 Å². The third-order valence-electron chi connectivity index (χ3n) is 5.42. The number of hydrogen-bond acceptors (Lipinski definition) is 6.